The molecule has 0 aromatic heterocycles. The molecule has 2 aromatic carbocycles. The molecule has 260 valence electrons. The zero-order chi connectivity index (χ0) is 35.4. The second-order valence-corrected chi connectivity index (χ2v) is 11.4. The minimum atomic E-state index is -5.63. The zero-order valence-corrected chi connectivity index (χ0v) is 24.6. The van der Waals surface area contributed by atoms with E-state index in [1.165, 1.54) is 13.8 Å². The summed E-state index contributed by atoms with van der Waals surface area (Å²) in [5.74, 6) is -0.438. The Labute approximate surface area is 259 Å². The van der Waals surface area contributed by atoms with Crippen molar-refractivity contribution in [1.82, 2.24) is 4.90 Å². The monoisotopic (exact) mass is 694 g/mol. The number of methoxy groups -OCH3 is 1. The summed E-state index contributed by atoms with van der Waals surface area (Å²) in [4.78, 5) is 27.7. The molecule has 2 aliphatic rings. The summed E-state index contributed by atoms with van der Waals surface area (Å²) in [6, 6.07) is -2.21. The van der Waals surface area contributed by atoms with Crippen LogP contribution >= 0.6 is 0 Å². The van der Waals surface area contributed by atoms with Gasteiger partial charge in [-0.2, -0.15) is 52.7 Å². The zero-order valence-electron chi connectivity index (χ0n) is 24.6. The Morgan fingerprint density at radius 3 is 1.74 bits per heavy atom. The van der Waals surface area contributed by atoms with Crippen LogP contribution in [0.5, 0.6) is 0 Å². The molecule has 2 amide bonds. The first-order valence-corrected chi connectivity index (χ1v) is 13.9. The number of nitrogens with zero attached hydrogens (tertiary/aromatic N) is 2. The molecule has 0 saturated heterocycles. The summed E-state index contributed by atoms with van der Waals surface area (Å²) in [5.41, 5.74) is -10.0. The SMILES string of the molecule is COC(=O)N(Cc1cc(C(F)(F)F)cc(C(F)(F)F)c1)C1CC(C2CC2)N(C(=O)OC(C)C)c2cc(C(F)(F)F)c(C(F)(F)F)cc21. The molecular formula is C29H26F12N2O4. The summed E-state index contributed by atoms with van der Waals surface area (Å²) in [7, 11) is 0.783. The third-order valence-electron chi connectivity index (χ3n) is 7.68. The summed E-state index contributed by atoms with van der Waals surface area (Å²) < 4.78 is 176. The van der Waals surface area contributed by atoms with E-state index in [9.17, 15) is 62.3 Å². The highest BCUT2D eigenvalue weighted by Crippen LogP contribution is 2.52. The Balaban J connectivity index is 1.99. The lowest BCUT2D eigenvalue weighted by atomic mass is 9.85. The molecule has 0 radical (unpaired) electrons. The maximum absolute atomic E-state index is 14.1. The van der Waals surface area contributed by atoms with E-state index >= 15 is 0 Å². The highest BCUT2D eigenvalue weighted by molar-refractivity contribution is 5.91. The van der Waals surface area contributed by atoms with Crippen molar-refractivity contribution in [3.05, 3.63) is 63.7 Å². The van der Waals surface area contributed by atoms with E-state index in [4.69, 9.17) is 9.47 Å². The van der Waals surface area contributed by atoms with Crippen molar-refractivity contribution in [3.63, 3.8) is 0 Å². The fraction of sp³-hybridized carbons (Fsp3) is 0.517. The van der Waals surface area contributed by atoms with E-state index in [1.807, 2.05) is 0 Å². The third-order valence-corrected chi connectivity index (χ3v) is 7.68. The van der Waals surface area contributed by atoms with Crippen LogP contribution in [0.2, 0.25) is 0 Å². The first kappa shape index (κ1) is 36.0. The molecule has 2 atom stereocenters. The molecule has 1 aliphatic carbocycles. The van der Waals surface area contributed by atoms with Gasteiger partial charge in [-0.15, -0.1) is 0 Å². The molecule has 0 spiro atoms. The van der Waals surface area contributed by atoms with Crippen LogP contribution in [-0.2, 0) is 40.7 Å². The van der Waals surface area contributed by atoms with Gasteiger partial charge in [-0.1, -0.05) is 0 Å². The molecule has 1 aliphatic heterocycles. The van der Waals surface area contributed by atoms with Gasteiger partial charge in [0.2, 0.25) is 0 Å². The van der Waals surface area contributed by atoms with Gasteiger partial charge in [0.05, 0.1) is 47.2 Å². The van der Waals surface area contributed by atoms with Gasteiger partial charge >= 0.3 is 36.9 Å². The van der Waals surface area contributed by atoms with Crippen molar-refractivity contribution in [3.8, 4) is 0 Å². The highest BCUT2D eigenvalue weighted by Gasteiger charge is 2.51. The summed E-state index contributed by atoms with van der Waals surface area (Å²) >= 11 is 0. The lowest BCUT2D eigenvalue weighted by molar-refractivity contribution is -0.162. The van der Waals surface area contributed by atoms with E-state index in [-0.39, 0.29) is 18.2 Å². The van der Waals surface area contributed by atoms with E-state index in [0.29, 0.717) is 29.9 Å². The molecule has 6 nitrogen and oxygen atoms in total. The van der Waals surface area contributed by atoms with Gasteiger partial charge in [-0.3, -0.25) is 9.80 Å². The summed E-state index contributed by atoms with van der Waals surface area (Å²) in [6.07, 6.45) is -24.9. The van der Waals surface area contributed by atoms with E-state index < -0.39 is 113 Å². The molecule has 1 fully saturated rings. The largest absolute Gasteiger partial charge is 0.453 e. The van der Waals surface area contributed by atoms with E-state index in [0.717, 1.165) is 12.0 Å². The van der Waals surface area contributed by atoms with Crippen molar-refractivity contribution in [2.75, 3.05) is 12.0 Å². The van der Waals surface area contributed by atoms with Crippen LogP contribution < -0.4 is 4.90 Å². The maximum atomic E-state index is 14.1. The van der Waals surface area contributed by atoms with Crippen LogP contribution in [0.1, 0.15) is 72.5 Å². The minimum Gasteiger partial charge on any atom is -0.453 e. The van der Waals surface area contributed by atoms with Crippen molar-refractivity contribution in [2.45, 2.75) is 82.5 Å². The number of alkyl halides is 12. The highest BCUT2D eigenvalue weighted by atomic mass is 19.4. The first-order valence-electron chi connectivity index (χ1n) is 13.9. The molecule has 47 heavy (non-hydrogen) atoms. The molecule has 0 bridgehead atoms. The molecule has 4 rings (SSSR count). The molecule has 0 N–H and O–H groups in total. The number of rotatable bonds is 5. The van der Waals surface area contributed by atoms with Crippen molar-refractivity contribution < 1.29 is 71.7 Å². The second kappa shape index (κ2) is 12.3. The Morgan fingerprint density at radius 2 is 1.32 bits per heavy atom. The van der Waals surface area contributed by atoms with Crippen LogP contribution in [0.15, 0.2) is 30.3 Å². The van der Waals surface area contributed by atoms with Crippen LogP contribution in [-0.4, -0.2) is 36.3 Å². The van der Waals surface area contributed by atoms with Gasteiger partial charge < -0.3 is 9.47 Å². The second-order valence-electron chi connectivity index (χ2n) is 11.4. The average molecular weight is 695 g/mol. The quantitative estimate of drug-likeness (QED) is 0.293. The molecule has 2 aromatic rings. The van der Waals surface area contributed by atoms with E-state index in [1.54, 1.807) is 0 Å². The van der Waals surface area contributed by atoms with Gasteiger partial charge in [-0.25, -0.2) is 9.59 Å². The number of hydrogen-bond donors (Lipinski definition) is 0. The molecular weight excluding hydrogens is 668 g/mol. The number of ether oxygens (including phenoxy) is 2. The van der Waals surface area contributed by atoms with Gasteiger partial charge in [0.1, 0.15) is 0 Å². The predicted molar refractivity (Wildman–Crippen MR) is 139 cm³/mol. The Kier molecular flexibility index (Phi) is 9.42. The standard InChI is InChI=1S/C29H26F12N2O4/c1-13(2)47-25(45)43-21(15-4-5-15)11-22(18-9-19(28(36,37)38)20(10-23(18)43)29(39,40)41)42(24(44)46-3)12-14-6-16(26(30,31)32)8-17(7-14)27(33,34)35/h6-10,13,15,21-22H,4-5,11-12H2,1-3H3. The lowest BCUT2D eigenvalue weighted by Gasteiger charge is -2.44. The number of anilines is 1. The number of hydrogen-bond acceptors (Lipinski definition) is 4. The fourth-order valence-electron chi connectivity index (χ4n) is 5.59. The third kappa shape index (κ3) is 7.83. The Morgan fingerprint density at radius 1 is 0.809 bits per heavy atom. The lowest BCUT2D eigenvalue weighted by Crippen LogP contribution is -2.50. The van der Waals surface area contributed by atoms with E-state index in [2.05, 4.69) is 0 Å². The fourth-order valence-corrected chi connectivity index (χ4v) is 5.59. The number of halogens is 12. The molecule has 18 heteroatoms. The number of fused-ring (bicyclic) bond motifs is 1. The summed E-state index contributed by atoms with van der Waals surface area (Å²) in [5, 5.41) is 0. The van der Waals surface area contributed by atoms with Crippen molar-refractivity contribution >= 4 is 17.9 Å². The number of benzene rings is 2. The smallest absolute Gasteiger partial charge is 0.417 e. The topological polar surface area (TPSA) is 59.1 Å². The average Bonchev–Trinajstić information content (AvgIpc) is 3.77. The molecule has 1 heterocycles. The van der Waals surface area contributed by atoms with Crippen LogP contribution in [0.25, 0.3) is 0 Å². The number of amides is 2. The van der Waals surface area contributed by atoms with Crippen molar-refractivity contribution in [2.24, 2.45) is 5.92 Å². The number of carbonyl (C=O) groups is 2. The van der Waals surface area contributed by atoms with Crippen LogP contribution in [0.3, 0.4) is 0 Å². The van der Waals surface area contributed by atoms with Crippen LogP contribution in [0, 0.1) is 5.92 Å². The minimum absolute atomic E-state index is 0.0742. The first-order chi connectivity index (χ1) is 21.4. The van der Waals surface area contributed by atoms with Crippen molar-refractivity contribution in [1.29, 1.82) is 0 Å². The maximum Gasteiger partial charge on any atom is 0.417 e. The van der Waals surface area contributed by atoms with Gasteiger partial charge in [0.25, 0.3) is 0 Å². The van der Waals surface area contributed by atoms with Crippen LogP contribution in [0.4, 0.5) is 68.0 Å². The number of carbonyl (C=O) groups excluding carboxylic acids is 2. The van der Waals surface area contributed by atoms with Gasteiger partial charge in [-0.05, 0) is 80.5 Å². The Bertz CT molecular complexity index is 1480. The molecule has 1 saturated carbocycles. The Hall–Kier alpha value is -3.86. The summed E-state index contributed by atoms with van der Waals surface area (Å²) in [6.45, 7) is 1.73. The predicted octanol–water partition coefficient (Wildman–Crippen LogP) is 9.61. The van der Waals surface area contributed by atoms with Gasteiger partial charge in [0.15, 0.2) is 0 Å². The van der Waals surface area contributed by atoms with Gasteiger partial charge in [0, 0.05) is 12.6 Å². The molecule has 2 unspecified atom stereocenters. The normalized spacial score (nSPS) is 19.0.